The molecule has 1 fully saturated rings. The van der Waals surface area contributed by atoms with E-state index >= 15 is 0 Å². The van der Waals surface area contributed by atoms with Crippen LogP contribution < -0.4 is 10.6 Å². The number of halogens is 1. The molecule has 19 heavy (non-hydrogen) atoms. The molecule has 4 heteroatoms. The van der Waals surface area contributed by atoms with E-state index in [4.69, 9.17) is 0 Å². The molecule has 1 heterocycles. The Labute approximate surface area is 113 Å². The van der Waals surface area contributed by atoms with E-state index < -0.39 is 0 Å². The van der Waals surface area contributed by atoms with Crippen molar-refractivity contribution in [3.63, 3.8) is 0 Å². The molecule has 1 aliphatic rings. The van der Waals surface area contributed by atoms with E-state index in [1.54, 1.807) is 12.1 Å². The van der Waals surface area contributed by atoms with E-state index in [2.05, 4.69) is 10.6 Å². The van der Waals surface area contributed by atoms with Crippen molar-refractivity contribution in [2.45, 2.75) is 44.7 Å². The SMILES string of the molecule is C[C@@H](Cc1ccccc1F)N[C@H]1CCCCNC1=O. The fraction of sp³-hybridized carbons (Fsp3) is 0.533. The molecule has 1 aromatic rings. The Balaban J connectivity index is 1.91. The van der Waals surface area contributed by atoms with Crippen LogP contribution in [0.4, 0.5) is 4.39 Å². The zero-order valence-corrected chi connectivity index (χ0v) is 11.3. The predicted octanol–water partition coefficient (Wildman–Crippen LogP) is 2.02. The summed E-state index contributed by atoms with van der Waals surface area (Å²) in [5.74, 6) is -0.112. The lowest BCUT2D eigenvalue weighted by Crippen LogP contribution is -2.47. The molecule has 0 aromatic heterocycles. The van der Waals surface area contributed by atoms with Gasteiger partial charge in [0.15, 0.2) is 0 Å². The highest BCUT2D eigenvalue weighted by Crippen LogP contribution is 2.11. The second kappa shape index (κ2) is 6.66. The first-order valence-corrected chi connectivity index (χ1v) is 6.94. The summed E-state index contributed by atoms with van der Waals surface area (Å²) in [6, 6.07) is 6.72. The van der Waals surface area contributed by atoms with Crippen LogP contribution >= 0.6 is 0 Å². The second-order valence-electron chi connectivity index (χ2n) is 5.20. The van der Waals surface area contributed by atoms with Gasteiger partial charge in [-0.05, 0) is 44.2 Å². The molecule has 104 valence electrons. The first-order valence-electron chi connectivity index (χ1n) is 6.94. The number of hydrogen-bond acceptors (Lipinski definition) is 2. The van der Waals surface area contributed by atoms with Gasteiger partial charge in [-0.1, -0.05) is 18.2 Å². The number of amides is 1. The number of carbonyl (C=O) groups excluding carboxylic acids is 1. The van der Waals surface area contributed by atoms with Crippen LogP contribution in [0.3, 0.4) is 0 Å². The molecular formula is C15H21FN2O. The molecule has 1 aromatic carbocycles. The number of hydrogen-bond donors (Lipinski definition) is 2. The topological polar surface area (TPSA) is 41.1 Å². The van der Waals surface area contributed by atoms with Gasteiger partial charge in [-0.3, -0.25) is 4.79 Å². The molecule has 1 saturated heterocycles. The summed E-state index contributed by atoms with van der Waals surface area (Å²) in [7, 11) is 0. The maximum atomic E-state index is 13.6. The average Bonchev–Trinajstić information content (AvgIpc) is 2.58. The van der Waals surface area contributed by atoms with Gasteiger partial charge >= 0.3 is 0 Å². The molecule has 2 atom stereocenters. The third-order valence-corrected chi connectivity index (χ3v) is 3.50. The highest BCUT2D eigenvalue weighted by molar-refractivity contribution is 5.81. The Bertz CT molecular complexity index is 436. The van der Waals surface area contributed by atoms with Crippen LogP contribution in [0, 0.1) is 5.82 Å². The third kappa shape index (κ3) is 4.03. The van der Waals surface area contributed by atoms with Crippen molar-refractivity contribution in [3.8, 4) is 0 Å². The Morgan fingerprint density at radius 1 is 1.42 bits per heavy atom. The van der Waals surface area contributed by atoms with Crippen LogP contribution in [0.25, 0.3) is 0 Å². The van der Waals surface area contributed by atoms with E-state index in [0.717, 1.165) is 25.8 Å². The van der Waals surface area contributed by atoms with Crippen LogP contribution in [-0.2, 0) is 11.2 Å². The van der Waals surface area contributed by atoms with Gasteiger partial charge in [0.1, 0.15) is 5.82 Å². The lowest BCUT2D eigenvalue weighted by Gasteiger charge is -2.21. The van der Waals surface area contributed by atoms with Crippen LogP contribution in [-0.4, -0.2) is 24.5 Å². The Morgan fingerprint density at radius 2 is 2.21 bits per heavy atom. The van der Waals surface area contributed by atoms with E-state index in [0.29, 0.717) is 12.0 Å². The number of benzene rings is 1. The second-order valence-corrected chi connectivity index (χ2v) is 5.20. The maximum Gasteiger partial charge on any atom is 0.237 e. The first-order chi connectivity index (χ1) is 9.16. The monoisotopic (exact) mass is 264 g/mol. The molecule has 0 aliphatic carbocycles. The van der Waals surface area contributed by atoms with E-state index in [1.807, 2.05) is 13.0 Å². The van der Waals surface area contributed by atoms with Crippen LogP contribution in [0.2, 0.25) is 0 Å². The van der Waals surface area contributed by atoms with Gasteiger partial charge in [0.05, 0.1) is 6.04 Å². The lowest BCUT2D eigenvalue weighted by atomic mass is 10.0. The number of nitrogens with one attached hydrogen (secondary N) is 2. The molecule has 0 unspecified atom stereocenters. The third-order valence-electron chi connectivity index (χ3n) is 3.50. The Morgan fingerprint density at radius 3 is 3.00 bits per heavy atom. The lowest BCUT2D eigenvalue weighted by molar-refractivity contribution is -0.123. The Hall–Kier alpha value is -1.42. The number of rotatable bonds is 4. The van der Waals surface area contributed by atoms with Crippen LogP contribution in [0.15, 0.2) is 24.3 Å². The highest BCUT2D eigenvalue weighted by Gasteiger charge is 2.22. The average molecular weight is 264 g/mol. The normalized spacial score (nSPS) is 21.6. The fourth-order valence-corrected chi connectivity index (χ4v) is 2.49. The summed E-state index contributed by atoms with van der Waals surface area (Å²) in [6.07, 6.45) is 3.53. The molecule has 1 aliphatic heterocycles. The standard InChI is InChI=1S/C15H21FN2O/c1-11(10-12-6-2-3-7-13(12)16)18-14-8-4-5-9-17-15(14)19/h2-3,6-7,11,14,18H,4-5,8-10H2,1H3,(H,17,19)/t11-,14-/m0/s1. The van der Waals surface area contributed by atoms with Crippen molar-refractivity contribution < 1.29 is 9.18 Å². The molecular weight excluding hydrogens is 243 g/mol. The first kappa shape index (κ1) is 14.0. The van der Waals surface area contributed by atoms with Gasteiger partial charge < -0.3 is 10.6 Å². The smallest absolute Gasteiger partial charge is 0.237 e. The molecule has 0 spiro atoms. The molecule has 2 N–H and O–H groups in total. The molecule has 0 saturated carbocycles. The highest BCUT2D eigenvalue weighted by atomic mass is 19.1. The minimum absolute atomic E-state index is 0.0675. The van der Waals surface area contributed by atoms with Crippen molar-refractivity contribution in [1.29, 1.82) is 0 Å². The number of carbonyl (C=O) groups is 1. The van der Waals surface area contributed by atoms with E-state index in [-0.39, 0.29) is 23.8 Å². The van der Waals surface area contributed by atoms with Crippen LogP contribution in [0.5, 0.6) is 0 Å². The maximum absolute atomic E-state index is 13.6. The summed E-state index contributed by atoms with van der Waals surface area (Å²) >= 11 is 0. The largest absolute Gasteiger partial charge is 0.355 e. The van der Waals surface area contributed by atoms with Gasteiger partial charge in [0.2, 0.25) is 5.91 Å². The molecule has 3 nitrogen and oxygen atoms in total. The van der Waals surface area contributed by atoms with Crippen molar-refractivity contribution in [1.82, 2.24) is 10.6 Å². The Kier molecular flexibility index (Phi) is 4.91. The van der Waals surface area contributed by atoms with Crippen molar-refractivity contribution >= 4 is 5.91 Å². The van der Waals surface area contributed by atoms with E-state index in [9.17, 15) is 9.18 Å². The molecule has 2 rings (SSSR count). The minimum atomic E-state index is -0.179. The minimum Gasteiger partial charge on any atom is -0.355 e. The summed E-state index contributed by atoms with van der Waals surface area (Å²) in [6.45, 7) is 2.75. The zero-order chi connectivity index (χ0) is 13.7. The zero-order valence-electron chi connectivity index (χ0n) is 11.3. The van der Waals surface area contributed by atoms with Gasteiger partial charge in [-0.25, -0.2) is 4.39 Å². The summed E-state index contributed by atoms with van der Waals surface area (Å²) in [5, 5.41) is 6.21. The van der Waals surface area contributed by atoms with Crippen molar-refractivity contribution in [2.75, 3.05) is 6.54 Å². The van der Waals surface area contributed by atoms with Crippen LogP contribution in [0.1, 0.15) is 31.7 Å². The summed E-state index contributed by atoms with van der Waals surface area (Å²) in [5.41, 5.74) is 0.691. The fourth-order valence-electron chi connectivity index (χ4n) is 2.49. The predicted molar refractivity (Wildman–Crippen MR) is 73.4 cm³/mol. The summed E-state index contributed by atoms with van der Waals surface area (Å²) < 4.78 is 13.6. The molecule has 0 bridgehead atoms. The molecule has 1 amide bonds. The van der Waals surface area contributed by atoms with Crippen molar-refractivity contribution in [3.05, 3.63) is 35.6 Å². The van der Waals surface area contributed by atoms with E-state index in [1.165, 1.54) is 6.07 Å². The quantitative estimate of drug-likeness (QED) is 0.873. The van der Waals surface area contributed by atoms with Gasteiger partial charge in [-0.2, -0.15) is 0 Å². The van der Waals surface area contributed by atoms with Gasteiger partial charge in [-0.15, -0.1) is 0 Å². The van der Waals surface area contributed by atoms with Crippen molar-refractivity contribution in [2.24, 2.45) is 0 Å². The van der Waals surface area contributed by atoms with Gasteiger partial charge in [0, 0.05) is 12.6 Å². The molecule has 0 radical (unpaired) electrons. The van der Waals surface area contributed by atoms with Gasteiger partial charge in [0.25, 0.3) is 0 Å². The summed E-state index contributed by atoms with van der Waals surface area (Å²) in [4.78, 5) is 11.8.